The summed E-state index contributed by atoms with van der Waals surface area (Å²) in [7, 11) is 0. The molecule has 0 radical (unpaired) electrons. The van der Waals surface area contributed by atoms with Gasteiger partial charge in [-0.05, 0) is 33.6 Å². The summed E-state index contributed by atoms with van der Waals surface area (Å²) in [5.74, 6) is 0.193. The van der Waals surface area contributed by atoms with Crippen LogP contribution in [0.2, 0.25) is 0 Å². The summed E-state index contributed by atoms with van der Waals surface area (Å²) in [6.07, 6.45) is 1.65. The van der Waals surface area contributed by atoms with Crippen LogP contribution in [-0.4, -0.2) is 40.8 Å². The number of piperidine rings is 1. The highest BCUT2D eigenvalue weighted by molar-refractivity contribution is 7.14. The van der Waals surface area contributed by atoms with Crippen molar-refractivity contribution >= 4 is 29.0 Å². The van der Waals surface area contributed by atoms with Crippen LogP contribution in [0, 0.1) is 0 Å². The molecule has 25 heavy (non-hydrogen) atoms. The van der Waals surface area contributed by atoms with Crippen LogP contribution in [0.15, 0.2) is 6.07 Å². The second kappa shape index (κ2) is 6.44. The fraction of sp³-hybridized carbons (Fsp3) is 0.611. The standard InChI is InChI=1S/C18H23NO5S/c1-10(20)13-9-12-16(25-13)15(19-8-6-5-7-14(19)22)17(23-11(2)21)18(3,4)24-12/h9,15,17H,5-8H2,1-4H3/t15-,17+/m1/s1. The zero-order valence-electron chi connectivity index (χ0n) is 15.0. The molecule has 3 rings (SSSR count). The van der Waals surface area contributed by atoms with Gasteiger partial charge in [-0.25, -0.2) is 0 Å². The average molecular weight is 365 g/mol. The predicted octanol–water partition coefficient (Wildman–Crippen LogP) is 3.11. The lowest BCUT2D eigenvalue weighted by Gasteiger charge is -2.47. The van der Waals surface area contributed by atoms with Crippen LogP contribution in [-0.2, 0) is 14.3 Å². The number of likely N-dealkylation sites (tertiary alicyclic amines) is 1. The minimum atomic E-state index is -0.809. The highest BCUT2D eigenvalue weighted by Gasteiger charge is 2.51. The number of amides is 1. The topological polar surface area (TPSA) is 72.9 Å². The SMILES string of the molecule is CC(=O)O[C@H]1[C@H](N2CCCCC2=O)c2sc(C(C)=O)cc2OC1(C)C. The van der Waals surface area contributed by atoms with Crippen LogP contribution in [0.3, 0.4) is 0 Å². The van der Waals surface area contributed by atoms with Crippen molar-refractivity contribution in [3.05, 3.63) is 15.8 Å². The number of ether oxygens (including phenoxy) is 2. The van der Waals surface area contributed by atoms with Gasteiger partial charge in [-0.3, -0.25) is 14.4 Å². The maximum absolute atomic E-state index is 12.6. The molecule has 0 saturated carbocycles. The van der Waals surface area contributed by atoms with E-state index in [2.05, 4.69) is 0 Å². The van der Waals surface area contributed by atoms with E-state index in [0.29, 0.717) is 23.6 Å². The number of thiophene rings is 1. The molecule has 0 spiro atoms. The fourth-order valence-electron chi connectivity index (χ4n) is 3.52. The van der Waals surface area contributed by atoms with E-state index in [0.717, 1.165) is 17.7 Å². The Hall–Kier alpha value is -1.89. The van der Waals surface area contributed by atoms with E-state index in [4.69, 9.17) is 9.47 Å². The third-order valence-electron chi connectivity index (χ3n) is 4.67. The van der Waals surface area contributed by atoms with Gasteiger partial charge in [0.25, 0.3) is 0 Å². The van der Waals surface area contributed by atoms with Gasteiger partial charge in [0.15, 0.2) is 11.9 Å². The molecule has 0 unspecified atom stereocenters. The molecule has 136 valence electrons. The molecule has 0 bridgehead atoms. The first-order valence-electron chi connectivity index (χ1n) is 8.51. The molecule has 7 heteroatoms. The van der Waals surface area contributed by atoms with Crippen LogP contribution in [0.5, 0.6) is 5.75 Å². The first-order chi connectivity index (χ1) is 11.7. The minimum absolute atomic E-state index is 0.0476. The van der Waals surface area contributed by atoms with Crippen LogP contribution < -0.4 is 4.74 Å². The quantitative estimate of drug-likeness (QED) is 0.608. The van der Waals surface area contributed by atoms with E-state index in [1.54, 1.807) is 11.0 Å². The van der Waals surface area contributed by atoms with E-state index in [1.165, 1.54) is 25.2 Å². The maximum Gasteiger partial charge on any atom is 0.303 e. The Labute approximate surface area is 151 Å². The second-order valence-corrected chi connectivity index (χ2v) is 8.20. The molecule has 2 aliphatic rings. The summed E-state index contributed by atoms with van der Waals surface area (Å²) >= 11 is 1.32. The predicted molar refractivity (Wildman–Crippen MR) is 92.9 cm³/mol. The summed E-state index contributed by atoms with van der Waals surface area (Å²) in [5, 5.41) is 0. The Balaban J connectivity index is 2.11. The number of hydrogen-bond acceptors (Lipinski definition) is 6. The summed E-state index contributed by atoms with van der Waals surface area (Å²) < 4.78 is 11.7. The lowest BCUT2D eigenvalue weighted by Crippen LogP contribution is -2.56. The van der Waals surface area contributed by atoms with Crippen LogP contribution in [0.4, 0.5) is 0 Å². The molecule has 2 aliphatic heterocycles. The van der Waals surface area contributed by atoms with Crippen molar-refractivity contribution in [3.63, 3.8) is 0 Å². The van der Waals surface area contributed by atoms with Crippen LogP contribution >= 0.6 is 11.3 Å². The number of hydrogen-bond donors (Lipinski definition) is 0. The van der Waals surface area contributed by atoms with Gasteiger partial charge in [-0.1, -0.05) is 0 Å². The maximum atomic E-state index is 12.6. The fourth-order valence-corrected chi connectivity index (χ4v) is 4.64. The van der Waals surface area contributed by atoms with Gasteiger partial charge in [-0.15, -0.1) is 11.3 Å². The summed E-state index contributed by atoms with van der Waals surface area (Å²) in [6.45, 7) is 7.17. The molecular formula is C18H23NO5S. The van der Waals surface area contributed by atoms with Crippen LogP contribution in [0.1, 0.15) is 67.5 Å². The number of ketones is 1. The average Bonchev–Trinajstić information content (AvgIpc) is 2.91. The molecule has 0 aliphatic carbocycles. The molecule has 1 aromatic heterocycles. The number of Topliss-reactive ketones (excluding diaryl/α,β-unsaturated/α-hetero) is 1. The molecule has 2 atom stereocenters. The van der Waals surface area contributed by atoms with E-state index >= 15 is 0 Å². The molecule has 6 nitrogen and oxygen atoms in total. The Morgan fingerprint density at radius 2 is 2.04 bits per heavy atom. The molecule has 3 heterocycles. The highest BCUT2D eigenvalue weighted by atomic mass is 32.1. The van der Waals surface area contributed by atoms with Crippen molar-refractivity contribution in [2.75, 3.05) is 6.54 Å². The van der Waals surface area contributed by atoms with Crippen molar-refractivity contribution in [3.8, 4) is 5.75 Å². The molecule has 0 aromatic carbocycles. The van der Waals surface area contributed by atoms with E-state index in [9.17, 15) is 14.4 Å². The van der Waals surface area contributed by atoms with Gasteiger partial charge in [-0.2, -0.15) is 0 Å². The molecule has 0 N–H and O–H groups in total. The second-order valence-electron chi connectivity index (χ2n) is 7.12. The molecule has 1 fully saturated rings. The molecule has 1 saturated heterocycles. The van der Waals surface area contributed by atoms with Gasteiger partial charge < -0.3 is 14.4 Å². The Bertz CT molecular complexity index is 723. The molecule has 1 amide bonds. The van der Waals surface area contributed by atoms with Crippen molar-refractivity contribution < 1.29 is 23.9 Å². The van der Waals surface area contributed by atoms with E-state index in [1.807, 2.05) is 13.8 Å². The lowest BCUT2D eigenvalue weighted by atomic mass is 9.88. The highest BCUT2D eigenvalue weighted by Crippen LogP contribution is 2.49. The number of carbonyl (C=O) groups excluding carboxylic acids is 3. The zero-order valence-corrected chi connectivity index (χ0v) is 15.8. The normalized spacial score (nSPS) is 25.1. The van der Waals surface area contributed by atoms with Gasteiger partial charge >= 0.3 is 5.97 Å². The van der Waals surface area contributed by atoms with Crippen molar-refractivity contribution in [1.82, 2.24) is 4.90 Å². The first-order valence-corrected chi connectivity index (χ1v) is 9.32. The lowest BCUT2D eigenvalue weighted by molar-refractivity contribution is -0.173. The smallest absolute Gasteiger partial charge is 0.303 e. The zero-order chi connectivity index (χ0) is 18.4. The summed E-state index contributed by atoms with van der Waals surface area (Å²) in [5.41, 5.74) is -0.809. The first kappa shape index (κ1) is 17.9. The number of esters is 1. The number of fused-ring (bicyclic) bond motifs is 1. The monoisotopic (exact) mass is 365 g/mol. The van der Waals surface area contributed by atoms with Gasteiger partial charge in [0.1, 0.15) is 17.4 Å². The van der Waals surface area contributed by atoms with Crippen LogP contribution in [0.25, 0.3) is 0 Å². The van der Waals surface area contributed by atoms with Crippen molar-refractivity contribution in [2.24, 2.45) is 0 Å². The van der Waals surface area contributed by atoms with Crippen molar-refractivity contribution in [1.29, 1.82) is 0 Å². The van der Waals surface area contributed by atoms with Gasteiger partial charge in [0, 0.05) is 26.0 Å². The van der Waals surface area contributed by atoms with Crippen molar-refractivity contribution in [2.45, 2.75) is 64.7 Å². The number of nitrogens with zero attached hydrogens (tertiary/aromatic N) is 1. The third-order valence-corrected chi connectivity index (χ3v) is 5.96. The summed E-state index contributed by atoms with van der Waals surface area (Å²) in [6, 6.07) is 1.31. The Kier molecular flexibility index (Phi) is 4.62. The largest absolute Gasteiger partial charge is 0.483 e. The number of carbonyl (C=O) groups is 3. The summed E-state index contributed by atoms with van der Waals surface area (Å²) in [4.78, 5) is 39.2. The van der Waals surface area contributed by atoms with Gasteiger partial charge in [0.2, 0.25) is 5.91 Å². The molecule has 1 aromatic rings. The third kappa shape index (κ3) is 3.29. The Morgan fingerprint density at radius 1 is 1.32 bits per heavy atom. The number of rotatable bonds is 3. The molecular weight excluding hydrogens is 342 g/mol. The van der Waals surface area contributed by atoms with Gasteiger partial charge in [0.05, 0.1) is 9.75 Å². The van der Waals surface area contributed by atoms with E-state index < -0.39 is 23.7 Å². The Morgan fingerprint density at radius 3 is 2.64 bits per heavy atom. The van der Waals surface area contributed by atoms with E-state index in [-0.39, 0.29) is 11.7 Å². The minimum Gasteiger partial charge on any atom is -0.483 e.